The Balaban J connectivity index is 1.99. The van der Waals surface area contributed by atoms with Gasteiger partial charge in [-0.25, -0.2) is 0 Å². The second-order valence-electron chi connectivity index (χ2n) is 3.81. The van der Waals surface area contributed by atoms with E-state index in [2.05, 4.69) is 5.73 Å². The lowest BCUT2D eigenvalue weighted by Gasteiger charge is -2.13. The van der Waals surface area contributed by atoms with Gasteiger partial charge in [-0.2, -0.15) is 0 Å². The van der Waals surface area contributed by atoms with Crippen molar-refractivity contribution in [3.8, 4) is 0 Å². The van der Waals surface area contributed by atoms with Crippen molar-refractivity contribution in [2.24, 2.45) is 0 Å². The Hall–Kier alpha value is -0.850. The van der Waals surface area contributed by atoms with Gasteiger partial charge in [0.1, 0.15) is 0 Å². The van der Waals surface area contributed by atoms with Crippen LogP contribution in [0.25, 0.3) is 0 Å². The molecule has 2 heterocycles. The van der Waals surface area contributed by atoms with Crippen LogP contribution in [0.4, 0.5) is 0 Å². The summed E-state index contributed by atoms with van der Waals surface area (Å²) >= 11 is 3.11. The Kier molecular flexibility index (Phi) is 4.20. The second-order valence-corrected chi connectivity index (χ2v) is 6.16. The van der Waals surface area contributed by atoms with Gasteiger partial charge in [0.2, 0.25) is 11.8 Å². The maximum absolute atomic E-state index is 12.0. The summed E-state index contributed by atoms with van der Waals surface area (Å²) in [5.74, 6) is 0.739. The minimum atomic E-state index is -0.191. The van der Waals surface area contributed by atoms with Crippen LogP contribution in [-0.4, -0.2) is 34.3 Å². The molecular weight excluding hydrogens is 256 g/mol. The highest BCUT2D eigenvalue weighted by Gasteiger charge is 2.38. The first kappa shape index (κ1) is 12.6. The fraction of sp³-hybridized carbons (Fsp3) is 0.455. The molecule has 0 aliphatic carbocycles. The Bertz CT molecular complexity index is 406. The highest BCUT2D eigenvalue weighted by molar-refractivity contribution is 8.00. The average molecular weight is 271 g/mol. The zero-order chi connectivity index (χ0) is 12.3. The maximum atomic E-state index is 12.0. The van der Waals surface area contributed by atoms with Crippen molar-refractivity contribution in [2.45, 2.75) is 18.2 Å². The first-order chi connectivity index (χ1) is 8.22. The number of hydrogen-bond acceptors (Lipinski definition) is 4. The Morgan fingerprint density at radius 1 is 1.53 bits per heavy atom. The molecular formula is C11H15N2O2S2+. The SMILES string of the molecule is [NH3+]CCS[C@H]1CC(=O)N(Cc2cccs2)C1=O. The van der Waals surface area contributed by atoms with Gasteiger partial charge in [-0.05, 0) is 11.4 Å². The largest absolute Gasteiger partial charge is 0.357 e. The van der Waals surface area contributed by atoms with Crippen LogP contribution in [0, 0.1) is 0 Å². The van der Waals surface area contributed by atoms with E-state index in [9.17, 15) is 9.59 Å². The molecule has 6 heteroatoms. The summed E-state index contributed by atoms with van der Waals surface area (Å²) in [6.45, 7) is 1.21. The molecule has 1 aromatic heterocycles. The van der Waals surface area contributed by atoms with Crippen molar-refractivity contribution >= 4 is 34.9 Å². The lowest BCUT2D eigenvalue weighted by molar-refractivity contribution is -0.360. The summed E-state index contributed by atoms with van der Waals surface area (Å²) in [5.41, 5.74) is 3.74. The quantitative estimate of drug-likeness (QED) is 0.786. The summed E-state index contributed by atoms with van der Waals surface area (Å²) in [5, 5.41) is 1.76. The molecule has 1 aliphatic rings. The molecule has 0 saturated carbocycles. The van der Waals surface area contributed by atoms with Gasteiger partial charge in [0.05, 0.1) is 18.3 Å². The molecule has 1 aromatic rings. The molecule has 1 fully saturated rings. The van der Waals surface area contributed by atoms with Gasteiger partial charge in [0, 0.05) is 17.1 Å². The van der Waals surface area contributed by atoms with Gasteiger partial charge in [0.15, 0.2) is 0 Å². The molecule has 17 heavy (non-hydrogen) atoms. The van der Waals surface area contributed by atoms with Crippen molar-refractivity contribution in [1.29, 1.82) is 0 Å². The predicted octanol–water partition coefficient (Wildman–Crippen LogP) is 0.351. The van der Waals surface area contributed by atoms with Crippen LogP contribution < -0.4 is 5.73 Å². The Labute approximate surface area is 108 Å². The van der Waals surface area contributed by atoms with E-state index in [0.29, 0.717) is 13.0 Å². The number of amides is 2. The van der Waals surface area contributed by atoms with Crippen molar-refractivity contribution < 1.29 is 15.3 Å². The van der Waals surface area contributed by atoms with Crippen LogP contribution in [0.5, 0.6) is 0 Å². The topological polar surface area (TPSA) is 65.0 Å². The zero-order valence-corrected chi connectivity index (χ0v) is 11.1. The minimum absolute atomic E-state index is 0.0400. The maximum Gasteiger partial charge on any atom is 0.243 e. The van der Waals surface area contributed by atoms with E-state index in [0.717, 1.165) is 17.2 Å². The van der Waals surface area contributed by atoms with E-state index >= 15 is 0 Å². The smallest absolute Gasteiger partial charge is 0.243 e. The van der Waals surface area contributed by atoms with E-state index in [4.69, 9.17) is 0 Å². The third-order valence-corrected chi connectivity index (χ3v) is 4.72. The van der Waals surface area contributed by atoms with Crippen molar-refractivity contribution in [3.63, 3.8) is 0 Å². The number of likely N-dealkylation sites (tertiary alicyclic amines) is 1. The van der Waals surface area contributed by atoms with Crippen LogP contribution in [0.3, 0.4) is 0 Å². The molecule has 0 spiro atoms. The van der Waals surface area contributed by atoms with E-state index < -0.39 is 0 Å². The van der Waals surface area contributed by atoms with Crippen LogP contribution in [0.15, 0.2) is 17.5 Å². The van der Waals surface area contributed by atoms with Crippen molar-refractivity contribution in [1.82, 2.24) is 4.90 Å². The number of nitrogens with zero attached hydrogens (tertiary/aromatic N) is 1. The highest BCUT2D eigenvalue weighted by atomic mass is 32.2. The molecule has 92 valence electrons. The fourth-order valence-corrected chi connectivity index (χ4v) is 3.41. The van der Waals surface area contributed by atoms with E-state index in [1.807, 2.05) is 17.5 Å². The molecule has 1 aliphatic heterocycles. The number of carbonyl (C=O) groups excluding carboxylic acids is 2. The number of rotatable bonds is 5. The number of thiophene rings is 1. The van der Waals surface area contributed by atoms with Crippen molar-refractivity contribution in [3.05, 3.63) is 22.4 Å². The normalized spacial score (nSPS) is 20.3. The van der Waals surface area contributed by atoms with Crippen LogP contribution >= 0.6 is 23.1 Å². The Morgan fingerprint density at radius 3 is 3.00 bits per heavy atom. The summed E-state index contributed by atoms with van der Waals surface area (Å²) in [4.78, 5) is 26.2. The predicted molar refractivity (Wildman–Crippen MR) is 68.5 cm³/mol. The van der Waals surface area contributed by atoms with Gasteiger partial charge in [-0.1, -0.05) is 6.07 Å². The van der Waals surface area contributed by atoms with E-state index in [1.54, 1.807) is 23.1 Å². The first-order valence-electron chi connectivity index (χ1n) is 5.50. The minimum Gasteiger partial charge on any atom is -0.357 e. The molecule has 0 bridgehead atoms. The molecule has 1 atom stereocenters. The summed E-state index contributed by atoms with van der Waals surface area (Å²) in [6, 6.07) is 3.88. The number of hydrogen-bond donors (Lipinski definition) is 1. The molecule has 0 unspecified atom stereocenters. The monoisotopic (exact) mass is 271 g/mol. The molecule has 2 amide bonds. The first-order valence-corrected chi connectivity index (χ1v) is 7.42. The van der Waals surface area contributed by atoms with Crippen LogP contribution in [-0.2, 0) is 16.1 Å². The van der Waals surface area contributed by atoms with Crippen LogP contribution in [0.1, 0.15) is 11.3 Å². The van der Waals surface area contributed by atoms with Crippen molar-refractivity contribution in [2.75, 3.05) is 12.3 Å². The summed E-state index contributed by atoms with van der Waals surface area (Å²) in [7, 11) is 0. The third kappa shape index (κ3) is 2.88. The molecule has 0 aromatic carbocycles. The van der Waals surface area contributed by atoms with Gasteiger partial charge >= 0.3 is 0 Å². The summed E-state index contributed by atoms with van der Waals surface area (Å²) < 4.78 is 0. The molecule has 4 nitrogen and oxygen atoms in total. The van der Waals surface area contributed by atoms with Gasteiger partial charge in [0.25, 0.3) is 0 Å². The van der Waals surface area contributed by atoms with E-state index in [-0.39, 0.29) is 17.1 Å². The van der Waals surface area contributed by atoms with Gasteiger partial charge in [-0.15, -0.1) is 23.1 Å². The molecule has 1 saturated heterocycles. The average Bonchev–Trinajstić information content (AvgIpc) is 2.90. The highest BCUT2D eigenvalue weighted by Crippen LogP contribution is 2.26. The van der Waals surface area contributed by atoms with Gasteiger partial charge < -0.3 is 5.73 Å². The van der Waals surface area contributed by atoms with Gasteiger partial charge in [-0.3, -0.25) is 14.5 Å². The number of quaternary nitrogens is 1. The third-order valence-electron chi connectivity index (χ3n) is 2.56. The van der Waals surface area contributed by atoms with E-state index in [1.165, 1.54) is 4.90 Å². The fourth-order valence-electron chi connectivity index (χ4n) is 1.73. The Morgan fingerprint density at radius 2 is 2.35 bits per heavy atom. The number of imide groups is 1. The lowest BCUT2D eigenvalue weighted by Crippen LogP contribution is -2.51. The summed E-state index contributed by atoms with van der Waals surface area (Å²) in [6.07, 6.45) is 0.342. The zero-order valence-electron chi connectivity index (χ0n) is 9.43. The number of carbonyl (C=O) groups is 2. The molecule has 0 radical (unpaired) electrons. The second kappa shape index (κ2) is 5.66. The lowest BCUT2D eigenvalue weighted by atomic mass is 10.4. The molecule has 2 rings (SSSR count). The van der Waals surface area contributed by atoms with Crippen LogP contribution in [0.2, 0.25) is 0 Å². The molecule has 3 N–H and O–H groups in total. The standard InChI is InChI=1S/C11H14N2O2S2/c12-3-5-17-9-6-10(14)13(11(9)15)7-8-2-1-4-16-8/h1-2,4,9H,3,5-7,12H2/p+1/t9-/m0/s1. The number of thioether (sulfide) groups is 1.